The van der Waals surface area contributed by atoms with Crippen LogP contribution < -0.4 is 4.31 Å². The number of anilines is 1. The second-order valence-corrected chi connectivity index (χ2v) is 10.0. The fraction of sp³-hybridized carbons (Fsp3) is 0.304. The van der Waals surface area contributed by atoms with Gasteiger partial charge in [0.05, 0.1) is 11.2 Å². The van der Waals surface area contributed by atoms with Crippen LogP contribution in [0.15, 0.2) is 71.1 Å². The molecule has 0 radical (unpaired) electrons. The quantitative estimate of drug-likeness (QED) is 0.594. The molecule has 0 amide bonds. The molecule has 4 heterocycles. The summed E-state index contributed by atoms with van der Waals surface area (Å²) >= 11 is 0. The van der Waals surface area contributed by atoms with Crippen molar-refractivity contribution in [1.82, 2.24) is 14.9 Å². The maximum Gasteiger partial charge on any atom is 0.258 e. The number of aromatic nitrogens is 2. The molecule has 32 heavy (non-hydrogen) atoms. The fourth-order valence-corrected chi connectivity index (χ4v) is 6.47. The monoisotopic (exact) mass is 454 g/mol. The summed E-state index contributed by atoms with van der Waals surface area (Å²) in [7, 11) is -3.67. The van der Waals surface area contributed by atoms with Gasteiger partial charge in [-0.15, -0.1) is 0 Å². The van der Waals surface area contributed by atoms with Crippen LogP contribution in [0.1, 0.15) is 25.5 Å². The van der Waals surface area contributed by atoms with E-state index in [4.69, 9.17) is 4.42 Å². The van der Waals surface area contributed by atoms with Gasteiger partial charge in [-0.1, -0.05) is 6.07 Å². The number of hydrogen-bond donors (Lipinski definition) is 0. The molecular weight excluding hydrogens is 431 g/mol. The Morgan fingerprint density at radius 3 is 2.91 bits per heavy atom. The molecular formula is C23H23FN4O3S. The van der Waals surface area contributed by atoms with Crippen LogP contribution in [0.2, 0.25) is 0 Å². The van der Waals surface area contributed by atoms with Gasteiger partial charge in [-0.2, -0.15) is 0 Å². The molecule has 3 aromatic rings. The van der Waals surface area contributed by atoms with Gasteiger partial charge in [0.15, 0.2) is 12.2 Å². The van der Waals surface area contributed by atoms with Gasteiger partial charge < -0.3 is 4.42 Å². The number of rotatable bonds is 4. The minimum absolute atomic E-state index is 0.0659. The Hall–Kier alpha value is -3.04. The fourth-order valence-electron chi connectivity index (χ4n) is 4.78. The molecule has 1 fully saturated rings. The standard InChI is InChI=1S/C23H23FN4O3S/c1-17-13-23(8-11-32(29,30)28(23)20-6-2-5-19(24)12-20)7-10-27(17)15-21-22(31-16-26-21)18-4-3-9-25-14-18/h2-6,8-9,11-12,14,16-17H,7,10,13,15H2,1H3/t17-,23-/m0/s1. The number of benzene rings is 1. The molecule has 0 N–H and O–H groups in total. The summed E-state index contributed by atoms with van der Waals surface area (Å²) in [6.07, 6.45) is 7.82. The lowest BCUT2D eigenvalue weighted by molar-refractivity contribution is 0.118. The normalized spacial score (nSPS) is 24.9. The number of sulfonamides is 1. The number of likely N-dealkylation sites (tertiary alicyclic amines) is 1. The molecule has 2 aromatic heterocycles. The zero-order chi connectivity index (χ0) is 22.3. The maximum absolute atomic E-state index is 13.9. The highest BCUT2D eigenvalue weighted by atomic mass is 32.2. The predicted octanol–water partition coefficient (Wildman–Crippen LogP) is 3.96. The summed E-state index contributed by atoms with van der Waals surface area (Å²) in [5, 5.41) is 1.25. The van der Waals surface area contributed by atoms with Crippen LogP contribution in [-0.4, -0.2) is 41.4 Å². The van der Waals surface area contributed by atoms with Crippen molar-refractivity contribution in [3.8, 4) is 11.3 Å². The van der Waals surface area contributed by atoms with Crippen molar-refractivity contribution < 1.29 is 17.2 Å². The van der Waals surface area contributed by atoms with E-state index < -0.39 is 21.4 Å². The van der Waals surface area contributed by atoms with Gasteiger partial charge in [0, 0.05) is 42.5 Å². The molecule has 2 aliphatic rings. The van der Waals surface area contributed by atoms with Crippen molar-refractivity contribution in [2.75, 3.05) is 10.8 Å². The van der Waals surface area contributed by atoms with Gasteiger partial charge in [-0.25, -0.2) is 17.8 Å². The summed E-state index contributed by atoms with van der Waals surface area (Å²) < 4.78 is 46.6. The lowest BCUT2D eigenvalue weighted by Crippen LogP contribution is -2.56. The number of pyridine rings is 1. The Balaban J connectivity index is 1.39. The van der Waals surface area contributed by atoms with Crippen molar-refractivity contribution in [2.24, 2.45) is 0 Å². The molecule has 166 valence electrons. The first-order valence-corrected chi connectivity index (χ1v) is 12.0. The Morgan fingerprint density at radius 2 is 2.16 bits per heavy atom. The molecule has 0 unspecified atom stereocenters. The van der Waals surface area contributed by atoms with Gasteiger partial charge in [0.25, 0.3) is 10.0 Å². The van der Waals surface area contributed by atoms with Crippen molar-refractivity contribution in [3.05, 3.63) is 78.2 Å². The lowest BCUT2D eigenvalue weighted by atomic mass is 9.83. The topological polar surface area (TPSA) is 79.5 Å². The number of oxazole rings is 1. The van der Waals surface area contributed by atoms with Crippen molar-refractivity contribution in [1.29, 1.82) is 0 Å². The molecule has 0 bridgehead atoms. The molecule has 2 aliphatic heterocycles. The van der Waals surface area contributed by atoms with E-state index in [9.17, 15) is 12.8 Å². The van der Waals surface area contributed by atoms with Gasteiger partial charge in [-0.3, -0.25) is 14.2 Å². The molecule has 2 atom stereocenters. The largest absolute Gasteiger partial charge is 0.443 e. The van der Waals surface area contributed by atoms with E-state index in [1.54, 1.807) is 24.5 Å². The number of halogens is 1. The van der Waals surface area contributed by atoms with E-state index in [0.717, 1.165) is 11.3 Å². The summed E-state index contributed by atoms with van der Waals surface area (Å²) in [6, 6.07) is 9.61. The first-order chi connectivity index (χ1) is 15.4. The Kier molecular flexibility index (Phi) is 5.10. The molecule has 0 saturated carbocycles. The highest BCUT2D eigenvalue weighted by Gasteiger charge is 2.49. The highest BCUT2D eigenvalue weighted by Crippen LogP contribution is 2.43. The van der Waals surface area contributed by atoms with E-state index in [1.807, 2.05) is 12.1 Å². The van der Waals surface area contributed by atoms with E-state index in [1.165, 1.54) is 34.3 Å². The highest BCUT2D eigenvalue weighted by molar-refractivity contribution is 7.96. The smallest absolute Gasteiger partial charge is 0.258 e. The third kappa shape index (κ3) is 3.61. The maximum atomic E-state index is 13.9. The summed E-state index contributed by atoms with van der Waals surface area (Å²) in [5.41, 5.74) is 1.32. The van der Waals surface area contributed by atoms with E-state index in [2.05, 4.69) is 21.8 Å². The number of nitrogens with zero attached hydrogens (tertiary/aromatic N) is 4. The van der Waals surface area contributed by atoms with Crippen LogP contribution in [0.4, 0.5) is 10.1 Å². The van der Waals surface area contributed by atoms with Crippen LogP contribution in [-0.2, 0) is 16.6 Å². The third-order valence-electron chi connectivity index (χ3n) is 6.27. The van der Waals surface area contributed by atoms with Crippen LogP contribution in [0.5, 0.6) is 0 Å². The van der Waals surface area contributed by atoms with Gasteiger partial charge in [0.2, 0.25) is 0 Å². The van der Waals surface area contributed by atoms with Crippen LogP contribution >= 0.6 is 0 Å². The van der Waals surface area contributed by atoms with Gasteiger partial charge >= 0.3 is 0 Å². The minimum Gasteiger partial charge on any atom is -0.443 e. The van der Waals surface area contributed by atoms with Crippen LogP contribution in [0.25, 0.3) is 11.3 Å². The van der Waals surface area contributed by atoms with Crippen molar-refractivity contribution in [3.63, 3.8) is 0 Å². The second kappa shape index (κ2) is 7.83. The zero-order valence-corrected chi connectivity index (χ0v) is 18.4. The third-order valence-corrected chi connectivity index (χ3v) is 7.84. The van der Waals surface area contributed by atoms with E-state index >= 15 is 0 Å². The van der Waals surface area contributed by atoms with Gasteiger partial charge in [0.1, 0.15) is 11.5 Å². The molecule has 5 rings (SSSR count). The molecule has 7 nitrogen and oxygen atoms in total. The predicted molar refractivity (Wildman–Crippen MR) is 119 cm³/mol. The summed E-state index contributed by atoms with van der Waals surface area (Å²) in [5.74, 6) is 0.231. The Bertz CT molecular complexity index is 1260. The first-order valence-electron chi connectivity index (χ1n) is 10.5. The zero-order valence-electron chi connectivity index (χ0n) is 17.6. The number of hydrogen-bond acceptors (Lipinski definition) is 6. The Labute approximate surface area is 186 Å². The molecule has 9 heteroatoms. The van der Waals surface area contributed by atoms with Gasteiger partial charge in [-0.05, 0) is 56.2 Å². The molecule has 0 aliphatic carbocycles. The summed E-state index contributed by atoms with van der Waals surface area (Å²) in [4.78, 5) is 10.8. The van der Waals surface area contributed by atoms with Crippen LogP contribution in [0.3, 0.4) is 0 Å². The number of piperidine rings is 1. The van der Waals surface area contributed by atoms with E-state index in [0.29, 0.717) is 37.4 Å². The van der Waals surface area contributed by atoms with Crippen molar-refractivity contribution in [2.45, 2.75) is 37.9 Å². The SMILES string of the molecule is C[C@H]1C[C@@]2(C=CS(=O)(=O)N2c2cccc(F)c2)CCN1Cc1ncoc1-c1cccnc1. The molecule has 1 saturated heterocycles. The molecule has 1 spiro atoms. The van der Waals surface area contributed by atoms with Crippen molar-refractivity contribution >= 4 is 15.7 Å². The first kappa shape index (κ1) is 20.8. The minimum atomic E-state index is -3.67. The Morgan fingerprint density at radius 1 is 1.28 bits per heavy atom. The lowest BCUT2D eigenvalue weighted by Gasteiger charge is -2.47. The summed E-state index contributed by atoms with van der Waals surface area (Å²) in [6.45, 7) is 3.31. The average Bonchev–Trinajstić information content (AvgIpc) is 3.33. The average molecular weight is 455 g/mol. The van der Waals surface area contributed by atoms with Crippen LogP contribution in [0, 0.1) is 5.82 Å². The van der Waals surface area contributed by atoms with E-state index in [-0.39, 0.29) is 6.04 Å². The molecule has 1 aromatic carbocycles. The second-order valence-electron chi connectivity index (χ2n) is 8.34.